The highest BCUT2D eigenvalue weighted by Gasteiger charge is 2.05. The van der Waals surface area contributed by atoms with Gasteiger partial charge in [0.15, 0.2) is 0 Å². The standard InChI is InChI=1S/C20H19N3O3/c1-26-16-7-4-6-15(11-16)21-13-20(25)23-22-12-18-17-8-3-2-5-14(17)9-10-19(18)24/h2-12,21,24H,13H2,1H3,(H,23,25)/b22-12+. The molecule has 6 heteroatoms. The number of carbonyl (C=O) groups is 1. The average Bonchev–Trinajstić information content (AvgIpc) is 2.68. The summed E-state index contributed by atoms with van der Waals surface area (Å²) in [6.45, 7) is 0.0615. The Morgan fingerprint density at radius 2 is 2.00 bits per heavy atom. The van der Waals surface area contributed by atoms with Crippen molar-refractivity contribution in [2.75, 3.05) is 19.0 Å². The third kappa shape index (κ3) is 4.10. The van der Waals surface area contributed by atoms with E-state index < -0.39 is 0 Å². The third-order valence-corrected chi connectivity index (χ3v) is 3.85. The molecular weight excluding hydrogens is 330 g/mol. The number of aromatic hydroxyl groups is 1. The van der Waals surface area contributed by atoms with Crippen molar-refractivity contribution in [2.45, 2.75) is 0 Å². The van der Waals surface area contributed by atoms with E-state index in [1.807, 2.05) is 48.5 Å². The minimum absolute atomic E-state index is 0.0615. The highest BCUT2D eigenvalue weighted by Crippen LogP contribution is 2.25. The van der Waals surface area contributed by atoms with Crippen LogP contribution < -0.4 is 15.5 Å². The number of hydrogen-bond acceptors (Lipinski definition) is 5. The Balaban J connectivity index is 1.62. The maximum absolute atomic E-state index is 11.9. The predicted octanol–water partition coefficient (Wildman–Crippen LogP) is 3.12. The molecule has 0 aromatic heterocycles. The Hall–Kier alpha value is -3.54. The molecule has 0 aliphatic heterocycles. The van der Waals surface area contributed by atoms with Crippen molar-refractivity contribution in [3.8, 4) is 11.5 Å². The summed E-state index contributed by atoms with van der Waals surface area (Å²) in [4.78, 5) is 11.9. The van der Waals surface area contributed by atoms with E-state index in [4.69, 9.17) is 4.74 Å². The summed E-state index contributed by atoms with van der Waals surface area (Å²) in [6.07, 6.45) is 1.45. The molecule has 0 fully saturated rings. The summed E-state index contributed by atoms with van der Waals surface area (Å²) in [5.74, 6) is 0.514. The van der Waals surface area contributed by atoms with E-state index in [0.717, 1.165) is 16.5 Å². The lowest BCUT2D eigenvalue weighted by Crippen LogP contribution is -2.25. The molecule has 3 N–H and O–H groups in total. The number of phenols is 1. The molecule has 0 heterocycles. The summed E-state index contributed by atoms with van der Waals surface area (Å²) in [7, 11) is 1.59. The number of rotatable bonds is 6. The Morgan fingerprint density at radius 3 is 2.85 bits per heavy atom. The van der Waals surface area contributed by atoms with Crippen molar-refractivity contribution in [3.63, 3.8) is 0 Å². The highest BCUT2D eigenvalue weighted by molar-refractivity contribution is 6.02. The highest BCUT2D eigenvalue weighted by atomic mass is 16.5. The van der Waals surface area contributed by atoms with Crippen LogP contribution in [0.25, 0.3) is 10.8 Å². The van der Waals surface area contributed by atoms with Crippen LogP contribution in [0.1, 0.15) is 5.56 Å². The largest absolute Gasteiger partial charge is 0.507 e. The lowest BCUT2D eigenvalue weighted by atomic mass is 10.0. The van der Waals surface area contributed by atoms with Gasteiger partial charge >= 0.3 is 0 Å². The molecular formula is C20H19N3O3. The van der Waals surface area contributed by atoms with Gasteiger partial charge in [-0.15, -0.1) is 0 Å². The van der Waals surface area contributed by atoms with Crippen LogP contribution in [0.4, 0.5) is 5.69 Å². The first-order valence-electron chi connectivity index (χ1n) is 8.08. The minimum Gasteiger partial charge on any atom is -0.507 e. The van der Waals surface area contributed by atoms with Gasteiger partial charge in [-0.1, -0.05) is 36.4 Å². The second-order valence-electron chi connectivity index (χ2n) is 5.60. The Morgan fingerprint density at radius 1 is 1.15 bits per heavy atom. The number of hydrogen-bond donors (Lipinski definition) is 3. The quantitative estimate of drug-likeness (QED) is 0.472. The number of fused-ring (bicyclic) bond motifs is 1. The second kappa shape index (κ2) is 8.02. The van der Waals surface area contributed by atoms with E-state index in [1.165, 1.54) is 6.21 Å². The summed E-state index contributed by atoms with van der Waals surface area (Å²) in [5, 5.41) is 18.8. The summed E-state index contributed by atoms with van der Waals surface area (Å²) < 4.78 is 5.13. The maximum Gasteiger partial charge on any atom is 0.259 e. The molecule has 0 aliphatic carbocycles. The van der Waals surface area contributed by atoms with Crippen molar-refractivity contribution in [2.24, 2.45) is 5.10 Å². The number of methoxy groups -OCH3 is 1. The van der Waals surface area contributed by atoms with Crippen molar-refractivity contribution in [1.82, 2.24) is 5.43 Å². The number of phenolic OH excluding ortho intramolecular Hbond substituents is 1. The van der Waals surface area contributed by atoms with Gasteiger partial charge in [-0.25, -0.2) is 5.43 Å². The molecule has 6 nitrogen and oxygen atoms in total. The molecule has 26 heavy (non-hydrogen) atoms. The Bertz CT molecular complexity index is 954. The average molecular weight is 349 g/mol. The van der Waals surface area contributed by atoms with Gasteiger partial charge in [-0.2, -0.15) is 5.10 Å². The van der Waals surface area contributed by atoms with Gasteiger partial charge < -0.3 is 15.2 Å². The number of ether oxygens (including phenoxy) is 1. The van der Waals surface area contributed by atoms with Crippen LogP contribution in [0.3, 0.4) is 0 Å². The first-order valence-corrected chi connectivity index (χ1v) is 8.08. The van der Waals surface area contributed by atoms with Crippen molar-refractivity contribution in [3.05, 3.63) is 66.2 Å². The number of hydrazone groups is 1. The second-order valence-corrected chi connectivity index (χ2v) is 5.60. The Labute approximate surface area is 151 Å². The molecule has 0 saturated heterocycles. The number of benzene rings is 3. The molecule has 0 radical (unpaired) electrons. The molecule has 0 bridgehead atoms. The van der Waals surface area contributed by atoms with Gasteiger partial charge in [0, 0.05) is 17.3 Å². The number of anilines is 1. The van der Waals surface area contributed by atoms with Gasteiger partial charge in [-0.3, -0.25) is 4.79 Å². The summed E-state index contributed by atoms with van der Waals surface area (Å²) in [6, 6.07) is 18.4. The van der Waals surface area contributed by atoms with Crippen LogP contribution in [0.15, 0.2) is 65.8 Å². The van der Waals surface area contributed by atoms with E-state index in [9.17, 15) is 9.90 Å². The van der Waals surface area contributed by atoms with E-state index in [-0.39, 0.29) is 18.2 Å². The molecule has 3 aromatic carbocycles. The fourth-order valence-corrected chi connectivity index (χ4v) is 2.54. The van der Waals surface area contributed by atoms with Gasteiger partial charge in [0.25, 0.3) is 5.91 Å². The van der Waals surface area contributed by atoms with E-state index in [2.05, 4.69) is 15.8 Å². The van der Waals surface area contributed by atoms with Gasteiger partial charge in [0.1, 0.15) is 11.5 Å². The van der Waals surface area contributed by atoms with Crippen LogP contribution in [0.5, 0.6) is 11.5 Å². The van der Waals surface area contributed by atoms with E-state index in [0.29, 0.717) is 11.3 Å². The van der Waals surface area contributed by atoms with Gasteiger partial charge in [0.2, 0.25) is 0 Å². The molecule has 0 aliphatic rings. The van der Waals surface area contributed by atoms with Gasteiger partial charge in [0.05, 0.1) is 19.9 Å². The SMILES string of the molecule is COc1cccc(NCC(=O)N/N=C/c2c(O)ccc3ccccc23)c1. The zero-order chi connectivity index (χ0) is 18.4. The normalized spacial score (nSPS) is 10.8. The molecule has 0 atom stereocenters. The molecule has 0 unspecified atom stereocenters. The Kier molecular flexibility index (Phi) is 5.34. The van der Waals surface area contributed by atoms with Crippen LogP contribution in [-0.2, 0) is 4.79 Å². The van der Waals surface area contributed by atoms with Crippen molar-refractivity contribution >= 4 is 28.6 Å². The maximum atomic E-state index is 11.9. The van der Waals surface area contributed by atoms with Crippen molar-refractivity contribution in [1.29, 1.82) is 0 Å². The molecule has 1 amide bonds. The van der Waals surface area contributed by atoms with E-state index in [1.54, 1.807) is 19.2 Å². The lowest BCUT2D eigenvalue weighted by molar-refractivity contribution is -0.119. The zero-order valence-electron chi connectivity index (χ0n) is 14.3. The smallest absolute Gasteiger partial charge is 0.259 e. The monoisotopic (exact) mass is 349 g/mol. The summed E-state index contributed by atoms with van der Waals surface area (Å²) in [5.41, 5.74) is 3.78. The molecule has 3 rings (SSSR count). The zero-order valence-corrected chi connectivity index (χ0v) is 14.3. The van der Waals surface area contributed by atoms with Gasteiger partial charge in [-0.05, 0) is 29.0 Å². The number of nitrogens with one attached hydrogen (secondary N) is 2. The minimum atomic E-state index is -0.302. The van der Waals surface area contributed by atoms with Crippen molar-refractivity contribution < 1.29 is 14.6 Å². The first kappa shape index (κ1) is 17.3. The summed E-state index contributed by atoms with van der Waals surface area (Å²) >= 11 is 0. The fourth-order valence-electron chi connectivity index (χ4n) is 2.54. The topological polar surface area (TPSA) is 83.0 Å². The molecule has 132 valence electrons. The number of nitrogens with zero attached hydrogens (tertiary/aromatic N) is 1. The van der Waals surface area contributed by atoms with Crippen LogP contribution >= 0.6 is 0 Å². The number of carbonyl (C=O) groups excluding carboxylic acids is 1. The predicted molar refractivity (Wildman–Crippen MR) is 103 cm³/mol. The van der Waals surface area contributed by atoms with E-state index >= 15 is 0 Å². The fraction of sp³-hybridized carbons (Fsp3) is 0.100. The first-order chi connectivity index (χ1) is 12.7. The van der Waals surface area contributed by atoms with Crippen LogP contribution in [-0.4, -0.2) is 30.9 Å². The molecule has 3 aromatic rings. The van der Waals surface area contributed by atoms with Crippen LogP contribution in [0, 0.1) is 0 Å². The lowest BCUT2D eigenvalue weighted by Gasteiger charge is -2.07. The van der Waals surface area contributed by atoms with Crippen LogP contribution in [0.2, 0.25) is 0 Å². The molecule has 0 spiro atoms. The third-order valence-electron chi connectivity index (χ3n) is 3.85. The molecule has 0 saturated carbocycles. The number of amides is 1.